The van der Waals surface area contributed by atoms with Crippen molar-refractivity contribution in [3.05, 3.63) is 47.0 Å². The van der Waals surface area contributed by atoms with Gasteiger partial charge in [-0.2, -0.15) is 0 Å². The van der Waals surface area contributed by atoms with Crippen LogP contribution in [-0.2, 0) is 12.3 Å². The second kappa shape index (κ2) is 4.39. The van der Waals surface area contributed by atoms with Crippen LogP contribution in [0.2, 0.25) is 0 Å². The number of aromatic nitrogens is 3. The summed E-state index contributed by atoms with van der Waals surface area (Å²) in [4.78, 5) is 0. The van der Waals surface area contributed by atoms with Crippen LogP contribution in [0.3, 0.4) is 0 Å². The van der Waals surface area contributed by atoms with Crippen molar-refractivity contribution >= 4 is 11.6 Å². The molecular formula is C14H16ClN3. The van der Waals surface area contributed by atoms with Gasteiger partial charge in [-0.3, -0.25) is 0 Å². The summed E-state index contributed by atoms with van der Waals surface area (Å²) in [5, 5.41) is 8.57. The second-order valence-electron chi connectivity index (χ2n) is 5.03. The summed E-state index contributed by atoms with van der Waals surface area (Å²) in [7, 11) is 0. The third-order valence-corrected chi connectivity index (χ3v) is 3.83. The van der Waals surface area contributed by atoms with E-state index in [1.54, 1.807) is 0 Å². The maximum Gasteiger partial charge on any atom is 0.148 e. The van der Waals surface area contributed by atoms with Gasteiger partial charge >= 0.3 is 0 Å². The molecule has 0 saturated carbocycles. The first-order valence-corrected chi connectivity index (χ1v) is 6.83. The number of hydrogen-bond acceptors (Lipinski definition) is 2. The number of benzene rings is 1. The van der Waals surface area contributed by atoms with Gasteiger partial charge in [0.15, 0.2) is 0 Å². The summed E-state index contributed by atoms with van der Waals surface area (Å²) in [5.74, 6) is 2.72. The summed E-state index contributed by atoms with van der Waals surface area (Å²) in [6.07, 6.45) is 1.06. The Bertz CT molecular complexity index is 574. The molecule has 0 fully saturated rings. The van der Waals surface area contributed by atoms with Crippen LogP contribution >= 0.6 is 11.6 Å². The summed E-state index contributed by atoms with van der Waals surface area (Å²) in [5.41, 5.74) is 2.81. The van der Waals surface area contributed by atoms with E-state index in [0.717, 1.165) is 18.1 Å². The molecule has 0 spiro atoms. The van der Waals surface area contributed by atoms with Crippen LogP contribution in [0.25, 0.3) is 0 Å². The van der Waals surface area contributed by atoms with Crippen LogP contribution < -0.4 is 0 Å². The maximum absolute atomic E-state index is 5.93. The zero-order valence-electron chi connectivity index (χ0n) is 10.6. The topological polar surface area (TPSA) is 30.7 Å². The Morgan fingerprint density at radius 2 is 2.11 bits per heavy atom. The van der Waals surface area contributed by atoms with Crippen molar-refractivity contribution in [3.8, 4) is 0 Å². The van der Waals surface area contributed by atoms with Crippen LogP contribution in [0.5, 0.6) is 0 Å². The van der Waals surface area contributed by atoms with E-state index in [1.165, 1.54) is 11.1 Å². The van der Waals surface area contributed by atoms with Crippen molar-refractivity contribution < 1.29 is 0 Å². The van der Waals surface area contributed by atoms with Crippen LogP contribution in [0.1, 0.15) is 48.6 Å². The number of nitrogens with zero attached hydrogens (tertiary/aromatic N) is 3. The van der Waals surface area contributed by atoms with Gasteiger partial charge in [-0.15, -0.1) is 21.8 Å². The third-order valence-electron chi connectivity index (χ3n) is 3.59. The van der Waals surface area contributed by atoms with Crippen molar-refractivity contribution in [1.82, 2.24) is 14.8 Å². The highest BCUT2D eigenvalue weighted by molar-refractivity contribution is 6.16. The second-order valence-corrected chi connectivity index (χ2v) is 5.29. The summed E-state index contributed by atoms with van der Waals surface area (Å²) in [6, 6.07) is 8.89. The molecule has 1 aromatic heterocycles. The summed E-state index contributed by atoms with van der Waals surface area (Å²) >= 11 is 5.93. The first-order chi connectivity index (χ1) is 8.72. The van der Waals surface area contributed by atoms with E-state index >= 15 is 0 Å². The molecule has 3 rings (SSSR count). The molecule has 1 heterocycles. The highest BCUT2D eigenvalue weighted by Gasteiger charge is 2.32. The average Bonchev–Trinajstić information content (AvgIpc) is 2.74. The van der Waals surface area contributed by atoms with Crippen molar-refractivity contribution in [1.29, 1.82) is 0 Å². The van der Waals surface area contributed by atoms with E-state index < -0.39 is 0 Å². The Morgan fingerprint density at radius 3 is 2.78 bits per heavy atom. The molecule has 3 nitrogen and oxygen atoms in total. The normalized spacial score (nSPS) is 17.7. The molecule has 4 heteroatoms. The van der Waals surface area contributed by atoms with Crippen LogP contribution in [0.15, 0.2) is 24.3 Å². The lowest BCUT2D eigenvalue weighted by Gasteiger charge is -2.30. The lowest BCUT2D eigenvalue weighted by molar-refractivity contribution is 0.518. The van der Waals surface area contributed by atoms with Gasteiger partial charge in [0.25, 0.3) is 0 Å². The molecule has 0 saturated heterocycles. The van der Waals surface area contributed by atoms with Gasteiger partial charge < -0.3 is 4.57 Å². The molecule has 1 aliphatic carbocycles. The Morgan fingerprint density at radius 1 is 1.33 bits per heavy atom. The number of rotatable bonds is 3. The quantitative estimate of drug-likeness (QED) is 0.794. The molecule has 94 valence electrons. The lowest BCUT2D eigenvalue weighted by atomic mass is 9.77. The number of halogens is 1. The predicted molar refractivity (Wildman–Crippen MR) is 72.0 cm³/mol. The van der Waals surface area contributed by atoms with E-state index in [9.17, 15) is 0 Å². The molecule has 18 heavy (non-hydrogen) atoms. The predicted octanol–water partition coefficient (Wildman–Crippen LogP) is 3.29. The van der Waals surface area contributed by atoms with Crippen LogP contribution in [-0.4, -0.2) is 14.8 Å². The molecule has 1 unspecified atom stereocenters. The van der Waals surface area contributed by atoms with E-state index in [2.05, 4.69) is 52.9 Å². The first kappa shape index (κ1) is 11.7. The molecule has 0 N–H and O–H groups in total. The average molecular weight is 262 g/mol. The van der Waals surface area contributed by atoms with Gasteiger partial charge in [-0.05, 0) is 31.4 Å². The van der Waals surface area contributed by atoms with E-state index in [-0.39, 0.29) is 0 Å². The highest BCUT2D eigenvalue weighted by atomic mass is 35.5. The largest absolute Gasteiger partial charge is 0.311 e. The molecule has 2 aromatic rings. The highest BCUT2D eigenvalue weighted by Crippen LogP contribution is 2.39. The number of fused-ring (bicyclic) bond motifs is 1. The van der Waals surface area contributed by atoms with Crippen LogP contribution in [0.4, 0.5) is 0 Å². The van der Waals surface area contributed by atoms with Gasteiger partial charge in [0.1, 0.15) is 11.6 Å². The summed E-state index contributed by atoms with van der Waals surface area (Å²) in [6.45, 7) is 4.29. The van der Waals surface area contributed by atoms with E-state index in [0.29, 0.717) is 17.8 Å². The first-order valence-electron chi connectivity index (χ1n) is 6.29. The monoisotopic (exact) mass is 261 g/mol. The van der Waals surface area contributed by atoms with E-state index in [4.69, 9.17) is 11.6 Å². The smallest absolute Gasteiger partial charge is 0.148 e. The summed E-state index contributed by atoms with van der Waals surface area (Å²) < 4.78 is 2.17. The number of alkyl halides is 1. The molecular weight excluding hydrogens is 246 g/mol. The minimum atomic E-state index is 0.344. The molecule has 0 amide bonds. The van der Waals surface area contributed by atoms with Crippen molar-refractivity contribution in [2.24, 2.45) is 0 Å². The fourth-order valence-electron chi connectivity index (χ4n) is 2.72. The van der Waals surface area contributed by atoms with Gasteiger partial charge in [0.05, 0.1) is 5.88 Å². The van der Waals surface area contributed by atoms with Crippen molar-refractivity contribution in [2.75, 3.05) is 0 Å². The molecule has 0 bridgehead atoms. The zero-order chi connectivity index (χ0) is 12.7. The SMILES string of the molecule is CC(C)n1c(CCl)nnc1C1Cc2ccccc21. The van der Waals surface area contributed by atoms with Gasteiger partial charge in [0.2, 0.25) is 0 Å². The molecule has 0 aliphatic heterocycles. The fraction of sp³-hybridized carbons (Fsp3) is 0.429. The maximum atomic E-state index is 5.93. The molecule has 1 aliphatic rings. The molecule has 1 aromatic carbocycles. The van der Waals surface area contributed by atoms with Crippen molar-refractivity contribution in [2.45, 2.75) is 38.1 Å². The standard InChI is InChI=1S/C14H16ClN3/c1-9(2)18-13(8-15)16-17-14(18)12-7-10-5-3-4-6-11(10)12/h3-6,9,12H,7-8H2,1-2H3. The zero-order valence-corrected chi connectivity index (χ0v) is 11.4. The minimum absolute atomic E-state index is 0.344. The van der Waals surface area contributed by atoms with E-state index in [1.807, 2.05) is 0 Å². The van der Waals surface area contributed by atoms with Gasteiger partial charge in [-0.25, -0.2) is 0 Å². The molecule has 0 radical (unpaired) electrons. The Kier molecular flexibility index (Phi) is 2.86. The van der Waals surface area contributed by atoms with Crippen molar-refractivity contribution in [3.63, 3.8) is 0 Å². The van der Waals surface area contributed by atoms with Gasteiger partial charge in [-0.1, -0.05) is 24.3 Å². The fourth-order valence-corrected chi connectivity index (χ4v) is 2.90. The molecule has 1 atom stereocenters. The Hall–Kier alpha value is -1.35. The van der Waals surface area contributed by atoms with Crippen LogP contribution in [0, 0.1) is 0 Å². The third kappa shape index (κ3) is 1.65. The lowest BCUT2D eigenvalue weighted by Crippen LogP contribution is -2.23. The Balaban J connectivity index is 2.03. The minimum Gasteiger partial charge on any atom is -0.311 e. The number of hydrogen-bond donors (Lipinski definition) is 0. The van der Waals surface area contributed by atoms with Gasteiger partial charge in [0, 0.05) is 12.0 Å². The Labute approximate surface area is 112 Å².